The maximum absolute atomic E-state index is 15.4. The molecule has 1 aromatic heterocycles. The van der Waals surface area contributed by atoms with Crippen molar-refractivity contribution in [2.75, 3.05) is 42.4 Å². The van der Waals surface area contributed by atoms with E-state index in [0.29, 0.717) is 37.8 Å². The molecule has 192 valence electrons. The Labute approximate surface area is 214 Å². The van der Waals surface area contributed by atoms with Gasteiger partial charge < -0.3 is 9.64 Å². The number of ether oxygens (including phenoxy) is 1. The molecule has 0 unspecified atom stereocenters. The van der Waals surface area contributed by atoms with Gasteiger partial charge in [-0.15, -0.1) is 0 Å². The lowest BCUT2D eigenvalue weighted by Gasteiger charge is -2.35. The van der Waals surface area contributed by atoms with Crippen LogP contribution in [0.25, 0.3) is 0 Å². The zero-order chi connectivity index (χ0) is 25.4. The van der Waals surface area contributed by atoms with Crippen molar-refractivity contribution in [3.05, 3.63) is 46.1 Å². The number of rotatable bonds is 8. The third-order valence-electron chi connectivity index (χ3n) is 6.61. The van der Waals surface area contributed by atoms with E-state index in [9.17, 15) is 12.8 Å². The van der Waals surface area contributed by atoms with E-state index in [1.807, 2.05) is 16.5 Å². The van der Waals surface area contributed by atoms with Gasteiger partial charge in [-0.1, -0.05) is 29.3 Å². The second kappa shape index (κ2) is 10.3. The fraction of sp³-hybridized carbons (Fsp3) is 0.522. The Bertz CT molecular complexity index is 1200. The highest BCUT2D eigenvalue weighted by atomic mass is 35.5. The summed E-state index contributed by atoms with van der Waals surface area (Å²) in [6.45, 7) is 7.47. The first kappa shape index (κ1) is 26.3. The first-order valence-corrected chi connectivity index (χ1v) is 13.7. The van der Waals surface area contributed by atoms with Crippen LogP contribution < -0.4 is 9.62 Å². The molecule has 1 N–H and O–H groups in total. The van der Waals surface area contributed by atoms with Crippen LogP contribution >= 0.6 is 23.2 Å². The molecular weight excluding hydrogens is 521 g/mol. The van der Waals surface area contributed by atoms with Crippen LogP contribution in [-0.4, -0.2) is 62.7 Å². The zero-order valence-electron chi connectivity index (χ0n) is 19.5. The molecule has 2 aromatic rings. The molecule has 0 bridgehead atoms. The quantitative estimate of drug-likeness (QED) is 0.372. The first-order valence-electron chi connectivity index (χ1n) is 11.5. The van der Waals surface area contributed by atoms with Crippen molar-refractivity contribution in [3.63, 3.8) is 0 Å². The summed E-state index contributed by atoms with van der Waals surface area (Å²) in [4.78, 5) is 6.92. The first-order chi connectivity index (χ1) is 16.5. The summed E-state index contributed by atoms with van der Waals surface area (Å²) >= 11 is 12.6. The lowest BCUT2D eigenvalue weighted by atomic mass is 10.0. The highest BCUT2D eigenvalue weighted by Gasteiger charge is 2.43. The Kier molecular flexibility index (Phi) is 7.78. The molecule has 7 nitrogen and oxygen atoms in total. The number of hydrogen-bond acceptors (Lipinski definition) is 6. The highest BCUT2D eigenvalue weighted by Crippen LogP contribution is 2.41. The van der Waals surface area contributed by atoms with Crippen molar-refractivity contribution in [2.45, 2.75) is 49.6 Å². The molecule has 2 aliphatic heterocycles. The predicted octanol–water partition coefficient (Wildman–Crippen LogP) is 4.94. The highest BCUT2D eigenvalue weighted by molar-refractivity contribution is 7.92. The Balaban J connectivity index is 1.61. The van der Waals surface area contributed by atoms with E-state index in [-0.39, 0.29) is 15.9 Å². The molecule has 2 aliphatic rings. The summed E-state index contributed by atoms with van der Waals surface area (Å²) < 4.78 is 62.7. The molecule has 0 aliphatic carbocycles. The number of sulfonamides is 1. The van der Waals surface area contributed by atoms with Crippen LogP contribution in [0.3, 0.4) is 0 Å². The standard InChI is InChI=1S/C23H28Cl2F2N4O3S/c1-3-34-23(13-30-10-5-6-15(30)2)9-11-31(14-23)17-12-16(24)22(21(27)20(17)25)35(32,33)29-19-8-4-7-18(26)28-19/h4,7-8,12,15H,3,5-6,9-11,13-14H2,1-2H3,(H,28,29)/t15-,23+/m0/s1. The number of likely N-dealkylation sites (tertiary alicyclic amines) is 1. The molecule has 0 radical (unpaired) electrons. The summed E-state index contributed by atoms with van der Waals surface area (Å²) in [7, 11) is -4.53. The van der Waals surface area contributed by atoms with Crippen LogP contribution in [0.4, 0.5) is 20.3 Å². The molecule has 2 saturated heterocycles. The summed E-state index contributed by atoms with van der Waals surface area (Å²) in [5.74, 6) is -2.38. The second-order valence-electron chi connectivity index (χ2n) is 9.03. The van der Waals surface area contributed by atoms with Gasteiger partial charge in [-0.2, -0.15) is 4.39 Å². The largest absolute Gasteiger partial charge is 0.372 e. The topological polar surface area (TPSA) is 74.8 Å². The van der Waals surface area contributed by atoms with E-state index >= 15 is 4.39 Å². The van der Waals surface area contributed by atoms with Crippen LogP contribution in [0.15, 0.2) is 29.2 Å². The van der Waals surface area contributed by atoms with Crippen molar-refractivity contribution >= 4 is 44.7 Å². The summed E-state index contributed by atoms with van der Waals surface area (Å²) in [5.41, 5.74) is -0.150. The smallest absolute Gasteiger partial charge is 0.267 e. The minimum atomic E-state index is -4.53. The number of aromatic nitrogens is 1. The van der Waals surface area contributed by atoms with Crippen LogP contribution in [0.1, 0.15) is 33.1 Å². The molecule has 2 fully saturated rings. The Morgan fingerprint density at radius 3 is 2.71 bits per heavy atom. The Morgan fingerprint density at radius 2 is 2.06 bits per heavy atom. The Hall–Kier alpha value is -1.72. The fourth-order valence-corrected chi connectivity index (χ4v) is 6.90. The maximum atomic E-state index is 15.4. The number of benzene rings is 1. The van der Waals surface area contributed by atoms with Gasteiger partial charge in [-0.25, -0.2) is 17.8 Å². The van der Waals surface area contributed by atoms with Gasteiger partial charge in [0.25, 0.3) is 10.0 Å². The van der Waals surface area contributed by atoms with Gasteiger partial charge in [0, 0.05) is 32.3 Å². The van der Waals surface area contributed by atoms with Crippen molar-refractivity contribution < 1.29 is 21.9 Å². The van der Waals surface area contributed by atoms with E-state index in [1.54, 1.807) is 0 Å². The van der Waals surface area contributed by atoms with Gasteiger partial charge in [0.2, 0.25) is 5.95 Å². The van der Waals surface area contributed by atoms with Gasteiger partial charge in [0.1, 0.15) is 15.7 Å². The Morgan fingerprint density at radius 1 is 1.29 bits per heavy atom. The minimum absolute atomic E-state index is 0.299. The molecular formula is C23H28Cl2F2N4O3S. The lowest BCUT2D eigenvalue weighted by Crippen LogP contribution is -2.48. The third-order valence-corrected chi connectivity index (χ3v) is 8.79. The number of halogens is 4. The molecule has 2 atom stereocenters. The van der Waals surface area contributed by atoms with Crippen molar-refractivity contribution in [1.82, 2.24) is 9.88 Å². The maximum Gasteiger partial charge on any atom is 0.267 e. The average molecular weight is 549 g/mol. The molecule has 1 aromatic carbocycles. The lowest BCUT2D eigenvalue weighted by molar-refractivity contribution is -0.0465. The zero-order valence-corrected chi connectivity index (χ0v) is 21.9. The normalized spacial score (nSPS) is 23.3. The van der Waals surface area contributed by atoms with Gasteiger partial charge in [-0.05, 0) is 57.9 Å². The van der Waals surface area contributed by atoms with E-state index in [2.05, 4.69) is 16.8 Å². The second-order valence-corrected chi connectivity index (χ2v) is 11.4. The van der Waals surface area contributed by atoms with E-state index in [4.69, 9.17) is 27.9 Å². The van der Waals surface area contributed by atoms with Crippen molar-refractivity contribution in [3.8, 4) is 0 Å². The average Bonchev–Trinajstić information content (AvgIpc) is 3.37. The number of anilines is 2. The summed E-state index contributed by atoms with van der Waals surface area (Å²) in [5, 5.41) is -0.698. The number of nitrogens with one attached hydrogen (secondary N) is 1. The van der Waals surface area contributed by atoms with Crippen LogP contribution in [0.2, 0.25) is 10.0 Å². The van der Waals surface area contributed by atoms with E-state index in [1.165, 1.54) is 18.2 Å². The molecule has 35 heavy (non-hydrogen) atoms. The number of hydrogen-bond donors (Lipinski definition) is 1. The fourth-order valence-electron chi connectivity index (χ4n) is 4.94. The van der Waals surface area contributed by atoms with E-state index in [0.717, 1.165) is 32.0 Å². The van der Waals surface area contributed by atoms with E-state index < -0.39 is 32.3 Å². The van der Waals surface area contributed by atoms with Crippen LogP contribution in [0, 0.1) is 11.8 Å². The molecule has 0 amide bonds. The number of nitrogens with zero attached hydrogens (tertiary/aromatic N) is 3. The molecule has 0 spiro atoms. The number of pyridine rings is 1. The molecule has 3 heterocycles. The van der Waals surface area contributed by atoms with Gasteiger partial charge in [0.05, 0.1) is 16.3 Å². The van der Waals surface area contributed by atoms with Crippen LogP contribution in [-0.2, 0) is 14.8 Å². The molecule has 12 heteroatoms. The van der Waals surface area contributed by atoms with Gasteiger partial charge in [0.15, 0.2) is 5.82 Å². The van der Waals surface area contributed by atoms with Crippen molar-refractivity contribution in [1.29, 1.82) is 0 Å². The minimum Gasteiger partial charge on any atom is -0.372 e. The predicted molar refractivity (Wildman–Crippen MR) is 133 cm³/mol. The molecule has 4 rings (SSSR count). The monoisotopic (exact) mass is 548 g/mol. The SMILES string of the molecule is CCO[C@@]1(CN2CCC[C@@H]2C)CCN(c2cc(Cl)c(S(=O)(=O)Nc3cccc(F)n3)c(F)c2Cl)C1. The van der Waals surface area contributed by atoms with Gasteiger partial charge >= 0.3 is 0 Å². The third kappa shape index (κ3) is 5.51. The summed E-state index contributed by atoms with van der Waals surface area (Å²) in [6, 6.07) is 5.39. The summed E-state index contributed by atoms with van der Waals surface area (Å²) in [6.07, 6.45) is 3.01. The molecule has 0 saturated carbocycles. The van der Waals surface area contributed by atoms with Crippen molar-refractivity contribution in [2.24, 2.45) is 0 Å². The van der Waals surface area contributed by atoms with Crippen LogP contribution in [0.5, 0.6) is 0 Å². The van der Waals surface area contributed by atoms with Gasteiger partial charge in [-0.3, -0.25) is 9.62 Å².